The number of carbonyl (C=O) groups excluding carboxylic acids is 2. The fraction of sp³-hybridized carbons (Fsp3) is 0.533. The highest BCUT2D eigenvalue weighted by atomic mass is 16.2. The van der Waals surface area contributed by atoms with E-state index in [0.717, 1.165) is 25.3 Å². The first-order valence-corrected chi connectivity index (χ1v) is 7.35. The van der Waals surface area contributed by atoms with Gasteiger partial charge in [-0.05, 0) is 18.7 Å². The van der Waals surface area contributed by atoms with E-state index in [4.69, 9.17) is 0 Å². The normalized spacial score (nSPS) is 15.8. The number of amides is 2. The summed E-state index contributed by atoms with van der Waals surface area (Å²) in [6, 6.07) is 5.53. The third-order valence-corrected chi connectivity index (χ3v) is 3.68. The Hall–Kier alpha value is -1.95. The van der Waals surface area contributed by atoms with Crippen molar-refractivity contribution in [1.29, 1.82) is 0 Å². The minimum Gasteiger partial charge on any atom is -0.350 e. The molecule has 2 amide bonds. The van der Waals surface area contributed by atoms with Crippen LogP contribution in [0.3, 0.4) is 0 Å². The lowest BCUT2D eigenvalue weighted by Gasteiger charge is -2.33. The molecule has 2 heterocycles. The van der Waals surface area contributed by atoms with Gasteiger partial charge in [-0.15, -0.1) is 0 Å². The number of piperazine rings is 1. The Labute approximate surface area is 125 Å². The van der Waals surface area contributed by atoms with E-state index in [0.29, 0.717) is 19.6 Å². The van der Waals surface area contributed by atoms with Gasteiger partial charge in [-0.2, -0.15) is 0 Å². The number of nitrogens with zero attached hydrogens (tertiary/aromatic N) is 3. The van der Waals surface area contributed by atoms with Crippen LogP contribution in [0.25, 0.3) is 0 Å². The molecule has 21 heavy (non-hydrogen) atoms. The average Bonchev–Trinajstić information content (AvgIpc) is 2.54. The molecule has 2 rings (SSSR count). The molecule has 0 spiro atoms. The Bertz CT molecular complexity index is 470. The molecule has 1 fully saturated rings. The number of hydrogen-bond acceptors (Lipinski definition) is 4. The van der Waals surface area contributed by atoms with E-state index in [1.54, 1.807) is 11.1 Å². The Morgan fingerprint density at radius 3 is 2.62 bits per heavy atom. The molecule has 0 unspecified atom stereocenters. The second-order valence-electron chi connectivity index (χ2n) is 5.09. The van der Waals surface area contributed by atoms with Crippen molar-refractivity contribution in [2.24, 2.45) is 0 Å². The van der Waals surface area contributed by atoms with E-state index in [9.17, 15) is 9.59 Å². The predicted octanol–water partition coefficient (Wildman–Crippen LogP) is 0.252. The van der Waals surface area contributed by atoms with Crippen LogP contribution in [0.2, 0.25) is 0 Å². The zero-order chi connectivity index (χ0) is 15.1. The summed E-state index contributed by atoms with van der Waals surface area (Å²) in [5.41, 5.74) is 0.787. The predicted molar refractivity (Wildman–Crippen MR) is 79.4 cm³/mol. The van der Waals surface area contributed by atoms with Gasteiger partial charge < -0.3 is 15.1 Å². The largest absolute Gasteiger partial charge is 0.350 e. The van der Waals surface area contributed by atoms with Crippen LogP contribution in [0.4, 0.5) is 0 Å². The molecular weight excluding hydrogens is 268 g/mol. The molecule has 1 N–H and O–H groups in total. The lowest BCUT2D eigenvalue weighted by Crippen LogP contribution is -2.49. The van der Waals surface area contributed by atoms with Crippen molar-refractivity contribution in [1.82, 2.24) is 20.1 Å². The maximum Gasteiger partial charge on any atom is 0.232 e. The molecule has 0 aliphatic carbocycles. The van der Waals surface area contributed by atoms with Gasteiger partial charge in [0.25, 0.3) is 0 Å². The van der Waals surface area contributed by atoms with E-state index < -0.39 is 0 Å². The monoisotopic (exact) mass is 290 g/mol. The minimum atomic E-state index is -0.247. The maximum absolute atomic E-state index is 12.0. The molecule has 1 aliphatic heterocycles. The highest BCUT2D eigenvalue weighted by molar-refractivity contribution is 5.96. The van der Waals surface area contributed by atoms with Gasteiger partial charge >= 0.3 is 0 Å². The molecule has 1 aliphatic rings. The van der Waals surface area contributed by atoms with Gasteiger partial charge in [0.15, 0.2) is 0 Å². The molecule has 6 nitrogen and oxygen atoms in total. The second-order valence-corrected chi connectivity index (χ2v) is 5.09. The molecule has 114 valence electrons. The summed E-state index contributed by atoms with van der Waals surface area (Å²) < 4.78 is 0. The highest BCUT2D eigenvalue weighted by Gasteiger charge is 2.21. The topological polar surface area (TPSA) is 65.5 Å². The standard InChI is InChI=1S/C15H22N4O2/c1-2-18-7-9-19(10-8-18)15(21)11-14(20)17-12-13-5-3-4-6-16-13/h3-6H,2,7-12H2,1H3,(H,17,20). The van der Waals surface area contributed by atoms with E-state index in [1.807, 2.05) is 18.2 Å². The number of aromatic nitrogens is 1. The van der Waals surface area contributed by atoms with Crippen LogP contribution in [0.1, 0.15) is 19.0 Å². The first kappa shape index (κ1) is 15.4. The van der Waals surface area contributed by atoms with E-state index >= 15 is 0 Å². The fourth-order valence-corrected chi connectivity index (χ4v) is 2.32. The van der Waals surface area contributed by atoms with Crippen molar-refractivity contribution in [3.63, 3.8) is 0 Å². The zero-order valence-electron chi connectivity index (χ0n) is 12.4. The lowest BCUT2D eigenvalue weighted by molar-refractivity contribution is -0.137. The third kappa shape index (κ3) is 4.82. The quantitative estimate of drug-likeness (QED) is 0.790. The maximum atomic E-state index is 12.0. The number of pyridine rings is 1. The summed E-state index contributed by atoms with van der Waals surface area (Å²) in [6.45, 7) is 6.67. The number of rotatable bonds is 5. The molecule has 0 atom stereocenters. The van der Waals surface area contributed by atoms with E-state index in [2.05, 4.69) is 22.1 Å². The molecule has 0 saturated carbocycles. The van der Waals surface area contributed by atoms with Gasteiger partial charge in [0.05, 0.1) is 12.2 Å². The smallest absolute Gasteiger partial charge is 0.232 e. The van der Waals surface area contributed by atoms with Crippen molar-refractivity contribution in [3.05, 3.63) is 30.1 Å². The van der Waals surface area contributed by atoms with Gasteiger partial charge in [-0.25, -0.2) is 0 Å². The van der Waals surface area contributed by atoms with E-state index in [-0.39, 0.29) is 18.2 Å². The molecule has 1 aromatic rings. The average molecular weight is 290 g/mol. The summed E-state index contributed by atoms with van der Waals surface area (Å²) in [5.74, 6) is -0.340. The molecule has 0 aromatic carbocycles. The van der Waals surface area contributed by atoms with Crippen LogP contribution in [0.15, 0.2) is 24.4 Å². The van der Waals surface area contributed by atoms with Crippen molar-refractivity contribution >= 4 is 11.8 Å². The molecule has 0 radical (unpaired) electrons. The van der Waals surface area contributed by atoms with Crippen LogP contribution in [-0.4, -0.2) is 59.3 Å². The van der Waals surface area contributed by atoms with Crippen molar-refractivity contribution in [2.45, 2.75) is 19.9 Å². The van der Waals surface area contributed by atoms with Crippen LogP contribution in [0.5, 0.6) is 0 Å². The number of likely N-dealkylation sites (N-methyl/N-ethyl adjacent to an activating group) is 1. The van der Waals surface area contributed by atoms with Gasteiger partial charge in [0, 0.05) is 32.4 Å². The van der Waals surface area contributed by atoms with Crippen LogP contribution >= 0.6 is 0 Å². The Kier molecular flexibility index (Phi) is 5.68. The minimum absolute atomic E-state index is 0.0844. The Balaban J connectivity index is 1.71. The third-order valence-electron chi connectivity index (χ3n) is 3.68. The highest BCUT2D eigenvalue weighted by Crippen LogP contribution is 2.03. The Morgan fingerprint density at radius 1 is 1.24 bits per heavy atom. The van der Waals surface area contributed by atoms with E-state index in [1.165, 1.54) is 0 Å². The molecule has 1 aromatic heterocycles. The number of carbonyl (C=O) groups is 2. The second kappa shape index (κ2) is 7.73. The summed E-state index contributed by atoms with van der Waals surface area (Å²) in [7, 11) is 0. The SMILES string of the molecule is CCN1CCN(C(=O)CC(=O)NCc2ccccn2)CC1. The number of hydrogen-bond donors (Lipinski definition) is 1. The van der Waals surface area contributed by atoms with Gasteiger partial charge in [0.1, 0.15) is 6.42 Å². The Morgan fingerprint density at radius 2 is 2.00 bits per heavy atom. The molecule has 6 heteroatoms. The molecule has 0 bridgehead atoms. The van der Waals surface area contributed by atoms with Crippen molar-refractivity contribution < 1.29 is 9.59 Å². The van der Waals surface area contributed by atoms with Gasteiger partial charge in [-0.1, -0.05) is 13.0 Å². The molecular formula is C15H22N4O2. The summed E-state index contributed by atoms with van der Waals surface area (Å²) >= 11 is 0. The van der Waals surface area contributed by atoms with Gasteiger partial charge in [0.2, 0.25) is 11.8 Å². The summed E-state index contributed by atoms with van der Waals surface area (Å²) in [4.78, 5) is 32.0. The van der Waals surface area contributed by atoms with Crippen LogP contribution in [-0.2, 0) is 16.1 Å². The molecule has 1 saturated heterocycles. The summed E-state index contributed by atoms with van der Waals surface area (Å²) in [5, 5.41) is 2.73. The van der Waals surface area contributed by atoms with Crippen molar-refractivity contribution in [3.8, 4) is 0 Å². The first-order chi connectivity index (χ1) is 10.2. The van der Waals surface area contributed by atoms with Crippen LogP contribution < -0.4 is 5.32 Å². The lowest BCUT2D eigenvalue weighted by atomic mass is 10.2. The first-order valence-electron chi connectivity index (χ1n) is 7.35. The zero-order valence-corrected chi connectivity index (χ0v) is 12.4. The fourth-order valence-electron chi connectivity index (χ4n) is 2.32. The number of nitrogens with one attached hydrogen (secondary N) is 1. The summed E-state index contributed by atoms with van der Waals surface area (Å²) in [6.07, 6.45) is 1.60. The van der Waals surface area contributed by atoms with Gasteiger partial charge in [-0.3, -0.25) is 14.6 Å². The van der Waals surface area contributed by atoms with Crippen LogP contribution in [0, 0.1) is 0 Å². The van der Waals surface area contributed by atoms with Crippen molar-refractivity contribution in [2.75, 3.05) is 32.7 Å².